The number of benzene rings is 1. The summed E-state index contributed by atoms with van der Waals surface area (Å²) < 4.78 is 0. The predicted molar refractivity (Wildman–Crippen MR) is 106 cm³/mol. The molecular weight excluding hydrogens is 326 g/mol. The lowest BCUT2D eigenvalue weighted by Gasteiger charge is -2.25. The molecule has 1 heterocycles. The Morgan fingerprint density at radius 2 is 1.81 bits per heavy atom. The Labute approximate surface area is 157 Å². The van der Waals surface area contributed by atoms with Crippen LogP contribution in [0.1, 0.15) is 32.8 Å². The summed E-state index contributed by atoms with van der Waals surface area (Å²) in [5, 5.41) is 0. The number of carbonyl (C=O) groups is 2. The zero-order valence-corrected chi connectivity index (χ0v) is 16.9. The van der Waals surface area contributed by atoms with E-state index in [1.165, 1.54) is 5.56 Å². The molecule has 0 aromatic heterocycles. The minimum Gasteiger partial charge on any atom is -0.348 e. The Morgan fingerprint density at radius 3 is 2.38 bits per heavy atom. The Kier molecular flexibility index (Phi) is 6.24. The van der Waals surface area contributed by atoms with Gasteiger partial charge in [-0.25, -0.2) is 0 Å². The van der Waals surface area contributed by atoms with Crippen LogP contribution in [0.5, 0.6) is 0 Å². The molecule has 5 nitrogen and oxygen atoms in total. The maximum atomic E-state index is 12.8. The number of fused-ring (bicyclic) bond motifs is 1. The minimum atomic E-state index is -0.212. The van der Waals surface area contributed by atoms with Crippen molar-refractivity contribution in [1.82, 2.24) is 9.80 Å². The van der Waals surface area contributed by atoms with Gasteiger partial charge < -0.3 is 9.80 Å². The molecule has 0 spiro atoms. The van der Waals surface area contributed by atoms with E-state index in [2.05, 4.69) is 37.8 Å². The fourth-order valence-corrected chi connectivity index (χ4v) is 3.54. The lowest BCUT2D eigenvalue weighted by molar-refractivity contribution is -0.130. The van der Waals surface area contributed by atoms with Crippen molar-refractivity contribution < 1.29 is 9.59 Å². The van der Waals surface area contributed by atoms with Crippen LogP contribution in [0.25, 0.3) is 0 Å². The van der Waals surface area contributed by atoms with Gasteiger partial charge in [0, 0.05) is 44.0 Å². The maximum Gasteiger partial charge on any atom is 0.236 e. The summed E-state index contributed by atoms with van der Waals surface area (Å²) in [6.07, 6.45) is 2.66. The Bertz CT molecular complexity index is 707. The summed E-state index contributed by atoms with van der Waals surface area (Å²) in [6, 6.07) is 8.26. The van der Waals surface area contributed by atoms with Crippen molar-refractivity contribution in [3.8, 4) is 0 Å². The van der Waals surface area contributed by atoms with Gasteiger partial charge >= 0.3 is 0 Å². The molecule has 1 aromatic rings. The van der Waals surface area contributed by atoms with E-state index in [4.69, 9.17) is 0 Å². The highest BCUT2D eigenvalue weighted by molar-refractivity contribution is 5.94. The van der Waals surface area contributed by atoms with Gasteiger partial charge in [-0.15, -0.1) is 0 Å². The summed E-state index contributed by atoms with van der Waals surface area (Å²) >= 11 is 0. The van der Waals surface area contributed by atoms with Gasteiger partial charge in [-0.3, -0.25) is 14.5 Å². The third kappa shape index (κ3) is 4.15. The van der Waals surface area contributed by atoms with Crippen molar-refractivity contribution in [3.05, 3.63) is 41.6 Å². The Morgan fingerprint density at radius 1 is 1.15 bits per heavy atom. The van der Waals surface area contributed by atoms with E-state index >= 15 is 0 Å². The molecular formula is C21H31N3O2. The minimum absolute atomic E-state index is 0.0182. The normalized spacial score (nSPS) is 16.9. The van der Waals surface area contributed by atoms with Crippen LogP contribution < -0.4 is 4.90 Å². The van der Waals surface area contributed by atoms with Gasteiger partial charge in [0.25, 0.3) is 0 Å². The predicted octanol–water partition coefficient (Wildman–Crippen LogP) is 2.67. The lowest BCUT2D eigenvalue weighted by atomic mass is 9.83. The molecule has 142 valence electrons. The van der Waals surface area contributed by atoms with Gasteiger partial charge in [-0.1, -0.05) is 39.0 Å². The van der Waals surface area contributed by atoms with Crippen molar-refractivity contribution >= 4 is 17.4 Å². The van der Waals surface area contributed by atoms with Crippen molar-refractivity contribution in [2.24, 2.45) is 0 Å². The lowest BCUT2D eigenvalue weighted by Crippen LogP contribution is -2.39. The number of hydrogen-bond acceptors (Lipinski definition) is 4. The second-order valence-corrected chi connectivity index (χ2v) is 7.70. The maximum absolute atomic E-state index is 12.8. The van der Waals surface area contributed by atoms with Crippen LogP contribution in [0.3, 0.4) is 0 Å². The van der Waals surface area contributed by atoms with E-state index in [1.807, 2.05) is 24.1 Å². The van der Waals surface area contributed by atoms with Crippen molar-refractivity contribution in [2.75, 3.05) is 45.7 Å². The van der Waals surface area contributed by atoms with Gasteiger partial charge in [0.1, 0.15) is 0 Å². The average molecular weight is 357 g/mol. The van der Waals surface area contributed by atoms with Crippen molar-refractivity contribution in [3.63, 3.8) is 0 Å². The number of anilines is 1. The number of amides is 1. The van der Waals surface area contributed by atoms with Gasteiger partial charge in [-0.2, -0.15) is 0 Å². The number of allylic oxidation sites excluding steroid dienone is 1. The molecule has 2 rings (SSSR count). The summed E-state index contributed by atoms with van der Waals surface area (Å²) in [5.41, 5.74) is 3.16. The fourth-order valence-electron chi connectivity index (χ4n) is 3.54. The molecule has 0 saturated carbocycles. The molecule has 0 atom stereocenters. The molecule has 1 aliphatic rings. The van der Waals surface area contributed by atoms with E-state index in [0.717, 1.165) is 24.4 Å². The van der Waals surface area contributed by atoms with Gasteiger partial charge in [0.2, 0.25) is 5.91 Å². The van der Waals surface area contributed by atoms with Crippen LogP contribution in [-0.4, -0.2) is 62.3 Å². The number of nitrogens with zero attached hydrogens (tertiary/aromatic N) is 3. The standard InChI is InChI=1S/C21H31N3O2/c1-7-12-24(15-20(26)22(4)5)14-16(25)13-19-21(2,3)17-10-8-9-11-18(17)23(19)6/h8-11,13H,7,12,14-15H2,1-6H3/b19-13-. The Hall–Kier alpha value is -2.14. The summed E-state index contributed by atoms with van der Waals surface area (Å²) in [5.74, 6) is 0.0531. The van der Waals surface area contributed by atoms with Crippen LogP contribution in [-0.2, 0) is 15.0 Å². The monoisotopic (exact) mass is 357 g/mol. The molecule has 1 aromatic carbocycles. The molecule has 0 bridgehead atoms. The summed E-state index contributed by atoms with van der Waals surface area (Å²) in [4.78, 5) is 30.4. The second kappa shape index (κ2) is 8.04. The van der Waals surface area contributed by atoms with E-state index in [-0.39, 0.29) is 30.2 Å². The molecule has 0 radical (unpaired) electrons. The number of likely N-dealkylation sites (N-methyl/N-ethyl adjacent to an activating group) is 2. The first-order chi connectivity index (χ1) is 12.2. The number of carbonyl (C=O) groups excluding carboxylic acids is 2. The van der Waals surface area contributed by atoms with Crippen molar-refractivity contribution in [2.45, 2.75) is 32.6 Å². The quantitative estimate of drug-likeness (QED) is 0.704. The number of rotatable bonds is 7. The number of hydrogen-bond donors (Lipinski definition) is 0. The molecule has 0 aliphatic carbocycles. The number of ketones is 1. The van der Waals surface area contributed by atoms with E-state index in [9.17, 15) is 9.59 Å². The van der Waals surface area contributed by atoms with Crippen LogP contribution in [0.4, 0.5) is 5.69 Å². The first kappa shape index (κ1) is 20.2. The molecule has 5 heteroatoms. The van der Waals surface area contributed by atoms with Crippen LogP contribution in [0.15, 0.2) is 36.0 Å². The molecule has 0 N–H and O–H groups in total. The molecule has 0 unspecified atom stereocenters. The number of para-hydroxylation sites is 1. The highest BCUT2D eigenvalue weighted by Crippen LogP contribution is 2.46. The van der Waals surface area contributed by atoms with Gasteiger partial charge in [-0.05, 0) is 24.6 Å². The summed E-state index contributed by atoms with van der Waals surface area (Å²) in [7, 11) is 5.49. The van der Waals surface area contributed by atoms with E-state index in [0.29, 0.717) is 0 Å². The van der Waals surface area contributed by atoms with Gasteiger partial charge in [0.05, 0.1) is 13.1 Å². The largest absolute Gasteiger partial charge is 0.348 e. The van der Waals surface area contributed by atoms with Crippen LogP contribution in [0.2, 0.25) is 0 Å². The molecule has 26 heavy (non-hydrogen) atoms. The van der Waals surface area contributed by atoms with Crippen LogP contribution >= 0.6 is 0 Å². The molecule has 0 fully saturated rings. The van der Waals surface area contributed by atoms with Gasteiger partial charge in [0.15, 0.2) is 5.78 Å². The highest BCUT2D eigenvalue weighted by atomic mass is 16.2. The highest BCUT2D eigenvalue weighted by Gasteiger charge is 2.38. The topological polar surface area (TPSA) is 43.9 Å². The zero-order valence-electron chi connectivity index (χ0n) is 16.9. The third-order valence-corrected chi connectivity index (χ3v) is 5.02. The first-order valence-corrected chi connectivity index (χ1v) is 9.19. The smallest absolute Gasteiger partial charge is 0.236 e. The summed E-state index contributed by atoms with van der Waals surface area (Å²) in [6.45, 7) is 7.61. The van der Waals surface area contributed by atoms with E-state index < -0.39 is 0 Å². The van der Waals surface area contributed by atoms with E-state index in [1.54, 1.807) is 25.1 Å². The van der Waals surface area contributed by atoms with Crippen molar-refractivity contribution in [1.29, 1.82) is 0 Å². The zero-order chi connectivity index (χ0) is 19.5. The SMILES string of the molecule is CCCN(CC(=O)/C=C1\N(C)c2ccccc2C1(C)C)CC(=O)N(C)C. The molecule has 0 saturated heterocycles. The molecule has 1 aliphatic heterocycles. The first-order valence-electron chi connectivity index (χ1n) is 9.19. The van der Waals surface area contributed by atoms with Crippen LogP contribution in [0, 0.1) is 0 Å². The third-order valence-electron chi connectivity index (χ3n) is 5.02. The fraction of sp³-hybridized carbons (Fsp3) is 0.524. The Balaban J connectivity index is 2.18. The molecule has 1 amide bonds. The average Bonchev–Trinajstić information content (AvgIpc) is 2.76. The second-order valence-electron chi connectivity index (χ2n) is 7.70.